The number of nitrogens with zero attached hydrogens (tertiary/aromatic N) is 3. The minimum absolute atomic E-state index is 0. The zero-order valence-electron chi connectivity index (χ0n) is 6.31. The van der Waals surface area contributed by atoms with Gasteiger partial charge in [-0.1, -0.05) is 29.7 Å². The van der Waals surface area contributed by atoms with Crippen molar-refractivity contribution >= 4 is 12.4 Å². The molecular weight excluding hydrogens is 186 g/mol. The van der Waals surface area contributed by atoms with Gasteiger partial charge in [0.15, 0.2) is 0 Å². The van der Waals surface area contributed by atoms with Crippen LogP contribution < -0.4 is 0 Å². The molecule has 0 amide bonds. The first-order valence-electron chi connectivity index (χ1n) is 3.54. The predicted octanol–water partition coefficient (Wildman–Crippen LogP) is 3.70. The van der Waals surface area contributed by atoms with Crippen molar-refractivity contribution in [3.05, 3.63) is 24.6 Å². The summed E-state index contributed by atoms with van der Waals surface area (Å²) in [4.78, 5) is 10.5. The predicted molar refractivity (Wildman–Crippen MR) is 72.4 cm³/mol. The summed E-state index contributed by atoms with van der Waals surface area (Å²) in [6.07, 6.45) is 11.2. The third-order valence-corrected chi connectivity index (χ3v) is 1.79. The Morgan fingerprint density at radius 3 is 1.60 bits per heavy atom. The monoisotopic (exact) mass is 211 g/mol. The van der Waals surface area contributed by atoms with Gasteiger partial charge in [0.1, 0.15) is 0 Å². The first kappa shape index (κ1) is 19.2. The topological polar surface area (TPSA) is 28.0 Å². The molecule has 15 heavy (non-hydrogen) atoms. The Balaban J connectivity index is -0.000000360. The minimum atomic E-state index is -0.427. The van der Waals surface area contributed by atoms with E-state index in [1.165, 1.54) is 0 Å². The van der Waals surface area contributed by atoms with Crippen LogP contribution in [0.4, 0.5) is 0 Å². The summed E-state index contributed by atoms with van der Waals surface area (Å²) < 4.78 is 0. The molecule has 0 atom stereocenters. The van der Waals surface area contributed by atoms with E-state index in [2.05, 4.69) is 9.98 Å². The molecule has 2 aliphatic rings. The molecule has 0 bridgehead atoms. The SMILES string of the molecule is C.C.C.C.CC12N=CC=CN1C=CC=N2. The van der Waals surface area contributed by atoms with Gasteiger partial charge >= 0.3 is 0 Å². The van der Waals surface area contributed by atoms with Crippen molar-refractivity contribution in [2.45, 2.75) is 42.4 Å². The molecular formula is C12H25N3. The Hall–Kier alpha value is -1.38. The minimum Gasteiger partial charge on any atom is -0.311 e. The Labute approximate surface area is 94.9 Å². The summed E-state index contributed by atoms with van der Waals surface area (Å²) in [5.41, 5.74) is 0. The molecule has 0 unspecified atom stereocenters. The second-order valence-electron chi connectivity index (χ2n) is 2.62. The fourth-order valence-electron chi connectivity index (χ4n) is 1.13. The van der Waals surface area contributed by atoms with Crippen molar-refractivity contribution in [2.75, 3.05) is 0 Å². The van der Waals surface area contributed by atoms with Gasteiger partial charge in [-0.05, 0) is 12.2 Å². The second kappa shape index (κ2) is 6.98. The van der Waals surface area contributed by atoms with E-state index in [1.807, 2.05) is 36.4 Å². The van der Waals surface area contributed by atoms with Gasteiger partial charge in [0.05, 0.1) is 0 Å². The molecule has 0 radical (unpaired) electrons. The summed E-state index contributed by atoms with van der Waals surface area (Å²) >= 11 is 0. The Kier molecular flexibility index (Phi) is 8.95. The average Bonchev–Trinajstić information content (AvgIpc) is 2.03. The molecule has 0 N–H and O–H groups in total. The summed E-state index contributed by atoms with van der Waals surface area (Å²) in [7, 11) is 0. The largest absolute Gasteiger partial charge is 0.311 e. The number of rotatable bonds is 0. The maximum absolute atomic E-state index is 4.25. The van der Waals surface area contributed by atoms with Crippen LogP contribution in [0.2, 0.25) is 0 Å². The molecule has 3 nitrogen and oxygen atoms in total. The van der Waals surface area contributed by atoms with E-state index >= 15 is 0 Å². The number of aliphatic imine (C=N–C) groups is 2. The van der Waals surface area contributed by atoms with Crippen molar-refractivity contribution < 1.29 is 0 Å². The second-order valence-corrected chi connectivity index (χ2v) is 2.62. The lowest BCUT2D eigenvalue weighted by molar-refractivity contribution is 0.247. The van der Waals surface area contributed by atoms with Crippen molar-refractivity contribution in [2.24, 2.45) is 9.98 Å². The van der Waals surface area contributed by atoms with E-state index in [0.717, 1.165) is 0 Å². The van der Waals surface area contributed by atoms with E-state index < -0.39 is 5.79 Å². The molecule has 0 saturated heterocycles. The van der Waals surface area contributed by atoms with E-state index in [-0.39, 0.29) is 29.7 Å². The lowest BCUT2D eigenvalue weighted by Crippen LogP contribution is -2.39. The van der Waals surface area contributed by atoms with Crippen molar-refractivity contribution in [1.29, 1.82) is 0 Å². The highest BCUT2D eigenvalue weighted by molar-refractivity contribution is 5.76. The zero-order chi connectivity index (χ0) is 7.73. The van der Waals surface area contributed by atoms with Crippen molar-refractivity contribution in [3.8, 4) is 0 Å². The Morgan fingerprint density at radius 2 is 1.27 bits per heavy atom. The smallest absolute Gasteiger partial charge is 0.227 e. The van der Waals surface area contributed by atoms with Crippen LogP contribution in [-0.2, 0) is 0 Å². The highest BCUT2D eigenvalue weighted by Crippen LogP contribution is 2.23. The van der Waals surface area contributed by atoms with E-state index in [9.17, 15) is 0 Å². The molecule has 0 aromatic heterocycles. The Bertz CT molecular complexity index is 251. The average molecular weight is 211 g/mol. The lowest BCUT2D eigenvalue weighted by Gasteiger charge is -2.34. The molecule has 0 fully saturated rings. The highest BCUT2D eigenvalue weighted by Gasteiger charge is 2.28. The van der Waals surface area contributed by atoms with Gasteiger partial charge < -0.3 is 4.90 Å². The standard InChI is InChI=1S/C8H9N3.4CH4/c1-8-9-4-2-6-11(8)7-3-5-10-8;;;;/h2-7H,1H3;4*1H4. The molecule has 0 spiro atoms. The van der Waals surface area contributed by atoms with Gasteiger partial charge in [-0.15, -0.1) is 0 Å². The number of hydrogen-bond acceptors (Lipinski definition) is 3. The molecule has 88 valence electrons. The summed E-state index contributed by atoms with van der Waals surface area (Å²) in [5, 5.41) is 0. The zero-order valence-corrected chi connectivity index (χ0v) is 6.31. The summed E-state index contributed by atoms with van der Waals surface area (Å²) in [6, 6.07) is 0. The van der Waals surface area contributed by atoms with Gasteiger partial charge in [0, 0.05) is 31.8 Å². The van der Waals surface area contributed by atoms with Crippen LogP contribution in [0.5, 0.6) is 0 Å². The van der Waals surface area contributed by atoms with Gasteiger partial charge in [-0.3, -0.25) is 0 Å². The van der Waals surface area contributed by atoms with Crippen LogP contribution in [0.1, 0.15) is 36.6 Å². The van der Waals surface area contributed by atoms with Gasteiger partial charge in [0.2, 0.25) is 5.79 Å². The van der Waals surface area contributed by atoms with Gasteiger partial charge in [-0.2, -0.15) is 0 Å². The fourth-order valence-corrected chi connectivity index (χ4v) is 1.13. The number of allylic oxidation sites excluding steroid dienone is 2. The first-order chi connectivity index (χ1) is 5.31. The van der Waals surface area contributed by atoms with Gasteiger partial charge in [0.25, 0.3) is 0 Å². The number of hydrogen-bond donors (Lipinski definition) is 0. The highest BCUT2D eigenvalue weighted by atomic mass is 15.4. The van der Waals surface area contributed by atoms with Crippen LogP contribution in [0.15, 0.2) is 34.5 Å². The molecule has 0 aromatic carbocycles. The summed E-state index contributed by atoms with van der Waals surface area (Å²) in [5.74, 6) is -0.427. The van der Waals surface area contributed by atoms with E-state index in [0.29, 0.717) is 0 Å². The molecule has 2 rings (SSSR count). The molecule has 0 saturated carbocycles. The molecule has 2 aliphatic heterocycles. The van der Waals surface area contributed by atoms with Crippen LogP contribution in [0, 0.1) is 0 Å². The molecule has 0 aromatic rings. The third-order valence-electron chi connectivity index (χ3n) is 1.79. The molecule has 3 heteroatoms. The van der Waals surface area contributed by atoms with Crippen LogP contribution in [-0.4, -0.2) is 23.1 Å². The lowest BCUT2D eigenvalue weighted by atomic mass is 10.3. The van der Waals surface area contributed by atoms with Crippen LogP contribution >= 0.6 is 0 Å². The first-order valence-corrected chi connectivity index (χ1v) is 3.54. The maximum Gasteiger partial charge on any atom is 0.227 e. The fraction of sp³-hybridized carbons (Fsp3) is 0.500. The Morgan fingerprint density at radius 1 is 0.867 bits per heavy atom. The van der Waals surface area contributed by atoms with Gasteiger partial charge in [-0.25, -0.2) is 9.98 Å². The van der Waals surface area contributed by atoms with Crippen LogP contribution in [0.25, 0.3) is 0 Å². The van der Waals surface area contributed by atoms with Crippen molar-refractivity contribution in [1.82, 2.24) is 4.90 Å². The number of fused-ring (bicyclic) bond motifs is 1. The molecule has 0 aliphatic carbocycles. The summed E-state index contributed by atoms with van der Waals surface area (Å²) in [6.45, 7) is 1.97. The molecule has 2 heterocycles. The van der Waals surface area contributed by atoms with E-state index in [1.54, 1.807) is 12.4 Å². The maximum atomic E-state index is 4.25. The normalized spacial score (nSPS) is 17.5. The quantitative estimate of drug-likeness (QED) is 0.600. The van der Waals surface area contributed by atoms with Crippen molar-refractivity contribution in [3.63, 3.8) is 0 Å². The van der Waals surface area contributed by atoms with E-state index in [4.69, 9.17) is 0 Å². The third kappa shape index (κ3) is 3.35. The van der Waals surface area contributed by atoms with Crippen LogP contribution in [0.3, 0.4) is 0 Å².